The van der Waals surface area contributed by atoms with Crippen LogP contribution in [0.2, 0.25) is 0 Å². The van der Waals surface area contributed by atoms with Gasteiger partial charge in [0.05, 0.1) is 5.52 Å². The van der Waals surface area contributed by atoms with Gasteiger partial charge in [-0.05, 0) is 48.5 Å². The third-order valence-corrected chi connectivity index (χ3v) is 5.38. The van der Waals surface area contributed by atoms with Crippen LogP contribution in [0.4, 0.5) is 0 Å². The molecular formula is C28H30N6O2. The molecular weight excluding hydrogens is 452 g/mol. The summed E-state index contributed by atoms with van der Waals surface area (Å²) < 4.78 is 5.67. The van der Waals surface area contributed by atoms with E-state index in [4.69, 9.17) is 0 Å². The van der Waals surface area contributed by atoms with Gasteiger partial charge in [-0.25, -0.2) is 4.68 Å². The van der Waals surface area contributed by atoms with Crippen LogP contribution in [0.3, 0.4) is 0 Å². The molecule has 0 aliphatic rings. The molecule has 0 bridgehead atoms. The van der Waals surface area contributed by atoms with Crippen LogP contribution in [0, 0.1) is 0 Å². The highest BCUT2D eigenvalue weighted by Crippen LogP contribution is 2.29. The summed E-state index contributed by atoms with van der Waals surface area (Å²) in [5.41, 5.74) is 5.47. The summed E-state index contributed by atoms with van der Waals surface area (Å²) in [5, 5.41) is 27.6. The average Bonchev–Trinajstić information content (AvgIpc) is 3.40. The minimum absolute atomic E-state index is 0.193. The Kier molecular flexibility index (Phi) is 7.25. The molecule has 0 radical (unpaired) electrons. The lowest BCUT2D eigenvalue weighted by atomic mass is 10.2. The van der Waals surface area contributed by atoms with E-state index in [1.54, 1.807) is 28.9 Å². The fourth-order valence-electron chi connectivity index (χ4n) is 3.82. The molecule has 2 N–H and O–H groups in total. The molecule has 4 aromatic carbocycles. The van der Waals surface area contributed by atoms with E-state index in [0.29, 0.717) is 11.4 Å². The predicted molar refractivity (Wildman–Crippen MR) is 144 cm³/mol. The zero-order chi connectivity index (χ0) is 25.7. The molecule has 36 heavy (non-hydrogen) atoms. The summed E-state index contributed by atoms with van der Waals surface area (Å²) in [4.78, 5) is 1.94. The van der Waals surface area contributed by atoms with Gasteiger partial charge in [0, 0.05) is 0 Å². The lowest BCUT2D eigenvalue weighted by molar-refractivity contribution is 0.470. The number of hydrogen-bond donors (Lipinski definition) is 2. The SMILES string of the molecule is CC.CC.Oc1ccccc1-n1n2c3ccccc3n12.Oc1ccccc1-n1nnc2ccccc21. The maximum Gasteiger partial charge on any atom is 0.143 e. The first-order valence-corrected chi connectivity index (χ1v) is 12.1. The predicted octanol–water partition coefficient (Wildman–Crippen LogP) is 6.30. The summed E-state index contributed by atoms with van der Waals surface area (Å²) in [6.07, 6.45) is 0. The second-order valence-electron chi connectivity index (χ2n) is 7.32. The maximum absolute atomic E-state index is 9.77. The van der Waals surface area contributed by atoms with E-state index in [1.807, 2.05) is 102 Å². The van der Waals surface area contributed by atoms with Crippen LogP contribution in [0.25, 0.3) is 33.4 Å². The van der Waals surface area contributed by atoms with Crippen LogP contribution >= 0.6 is 0 Å². The Morgan fingerprint density at radius 1 is 0.528 bits per heavy atom. The number of phenolic OH excluding ortho intramolecular Hbond substituents is 2. The summed E-state index contributed by atoms with van der Waals surface area (Å²) in [7, 11) is 0. The molecule has 3 heterocycles. The average molecular weight is 483 g/mol. The third kappa shape index (κ3) is 4.24. The molecule has 8 heteroatoms. The molecule has 0 fully saturated rings. The van der Waals surface area contributed by atoms with Gasteiger partial charge in [-0.15, -0.1) is 19.2 Å². The monoisotopic (exact) mass is 482 g/mol. The number of benzene rings is 4. The molecule has 184 valence electrons. The number of fused-ring (bicyclic) bond motifs is 5. The molecule has 0 aliphatic heterocycles. The van der Waals surface area contributed by atoms with Crippen molar-refractivity contribution in [1.29, 1.82) is 0 Å². The molecule has 0 amide bonds. The number of rotatable bonds is 2. The molecule has 0 saturated carbocycles. The van der Waals surface area contributed by atoms with Crippen molar-refractivity contribution >= 4 is 22.1 Å². The van der Waals surface area contributed by atoms with Crippen molar-refractivity contribution in [1.82, 2.24) is 29.1 Å². The second-order valence-corrected chi connectivity index (χ2v) is 7.32. The van der Waals surface area contributed by atoms with Crippen molar-refractivity contribution in [3.63, 3.8) is 0 Å². The Labute approximate surface area is 209 Å². The summed E-state index contributed by atoms with van der Waals surface area (Å²) in [6.45, 7) is 8.00. The Bertz CT molecular complexity index is 1620. The Balaban J connectivity index is 0.000000149. The van der Waals surface area contributed by atoms with E-state index in [-0.39, 0.29) is 5.75 Å². The lowest BCUT2D eigenvalue weighted by Crippen LogP contribution is -1.96. The van der Waals surface area contributed by atoms with Crippen molar-refractivity contribution in [2.24, 2.45) is 0 Å². The fraction of sp³-hybridized carbons (Fsp3) is 0.143. The highest BCUT2D eigenvalue weighted by molar-refractivity contribution is 5.79. The number of nitrogens with zero attached hydrogens (tertiary/aromatic N) is 6. The molecule has 8 nitrogen and oxygen atoms in total. The number of hydrogen-bond acceptors (Lipinski definition) is 4. The first-order chi connectivity index (χ1) is 17.7. The lowest BCUT2D eigenvalue weighted by Gasteiger charge is -2.03. The zero-order valence-electron chi connectivity index (χ0n) is 20.8. The van der Waals surface area contributed by atoms with E-state index in [1.165, 1.54) is 11.0 Å². The van der Waals surface area contributed by atoms with Crippen molar-refractivity contribution in [2.75, 3.05) is 0 Å². The van der Waals surface area contributed by atoms with E-state index < -0.39 is 0 Å². The molecule has 7 aromatic rings. The number of phenols is 2. The number of aromatic hydroxyl groups is 2. The van der Waals surface area contributed by atoms with Crippen LogP contribution in [-0.4, -0.2) is 39.3 Å². The minimum atomic E-state index is 0.193. The first-order valence-electron chi connectivity index (χ1n) is 12.1. The smallest absolute Gasteiger partial charge is 0.143 e. The highest BCUT2D eigenvalue weighted by atomic mass is 16.3. The summed E-state index contributed by atoms with van der Waals surface area (Å²) >= 11 is 0. The van der Waals surface area contributed by atoms with Crippen molar-refractivity contribution in [3.8, 4) is 22.9 Å². The Hall–Kier alpha value is -4.72. The van der Waals surface area contributed by atoms with E-state index >= 15 is 0 Å². The second kappa shape index (κ2) is 10.7. The normalized spacial score (nSPS) is 10.4. The molecule has 3 aromatic heterocycles. The van der Waals surface area contributed by atoms with E-state index in [2.05, 4.69) is 22.4 Å². The highest BCUT2D eigenvalue weighted by Gasteiger charge is 2.24. The molecule has 0 spiro atoms. The molecule has 0 atom stereocenters. The van der Waals surface area contributed by atoms with Crippen LogP contribution < -0.4 is 0 Å². The van der Waals surface area contributed by atoms with Gasteiger partial charge in [0.2, 0.25) is 0 Å². The van der Waals surface area contributed by atoms with Crippen LogP contribution in [0.1, 0.15) is 27.7 Å². The Morgan fingerprint density at radius 2 is 0.972 bits per heavy atom. The van der Waals surface area contributed by atoms with Crippen molar-refractivity contribution in [2.45, 2.75) is 27.7 Å². The molecule has 0 saturated heterocycles. The van der Waals surface area contributed by atoms with Crippen LogP contribution in [0.15, 0.2) is 97.1 Å². The van der Waals surface area contributed by atoms with Gasteiger partial charge in [-0.1, -0.05) is 81.4 Å². The third-order valence-electron chi connectivity index (χ3n) is 5.38. The Morgan fingerprint density at radius 3 is 1.53 bits per heavy atom. The largest absolute Gasteiger partial charge is 0.506 e. The van der Waals surface area contributed by atoms with Gasteiger partial charge in [-0.3, -0.25) is 0 Å². The van der Waals surface area contributed by atoms with Gasteiger partial charge in [0.25, 0.3) is 0 Å². The first kappa shape index (κ1) is 24.4. The van der Waals surface area contributed by atoms with E-state index in [9.17, 15) is 10.2 Å². The van der Waals surface area contributed by atoms with Crippen molar-refractivity contribution in [3.05, 3.63) is 97.1 Å². The van der Waals surface area contributed by atoms with Gasteiger partial charge < -0.3 is 10.2 Å². The molecule has 0 unspecified atom stereocenters. The molecule has 0 aliphatic carbocycles. The van der Waals surface area contributed by atoms with Crippen molar-refractivity contribution < 1.29 is 10.2 Å². The fourth-order valence-corrected chi connectivity index (χ4v) is 3.82. The zero-order valence-corrected chi connectivity index (χ0v) is 20.8. The van der Waals surface area contributed by atoms with Gasteiger partial charge in [0.15, 0.2) is 0 Å². The number of para-hydroxylation sites is 7. The standard InChI is InChI=1S/2C12H9N3O.2C2H6/c16-12-8-4-3-7-11(12)15-13-9-5-1-2-6-10(9)14(13)15;16-12-8-4-3-7-11(12)15-10-6-2-1-5-9(10)13-14-15;2*1-2/h2*1-8,16H;2*1-2H3. The molecule has 7 rings (SSSR count). The van der Waals surface area contributed by atoms with Crippen LogP contribution in [0.5, 0.6) is 11.5 Å². The maximum atomic E-state index is 9.77. The van der Waals surface area contributed by atoms with Gasteiger partial charge >= 0.3 is 0 Å². The number of aromatic nitrogens is 6. The summed E-state index contributed by atoms with van der Waals surface area (Å²) in [6, 6.07) is 30.2. The minimum Gasteiger partial charge on any atom is -0.506 e. The topological polar surface area (TPSA) is 84.9 Å². The van der Waals surface area contributed by atoms with Crippen LogP contribution in [-0.2, 0) is 0 Å². The van der Waals surface area contributed by atoms with E-state index in [0.717, 1.165) is 16.7 Å². The quantitative estimate of drug-likeness (QED) is 0.303. The van der Waals surface area contributed by atoms with Gasteiger partial charge in [-0.2, -0.15) is 0 Å². The van der Waals surface area contributed by atoms with Gasteiger partial charge in [0.1, 0.15) is 39.4 Å². The summed E-state index contributed by atoms with van der Waals surface area (Å²) in [5.74, 6) is 0.487.